The lowest BCUT2D eigenvalue weighted by Gasteiger charge is -2.30. The van der Waals surface area contributed by atoms with E-state index in [0.29, 0.717) is 17.4 Å². The van der Waals surface area contributed by atoms with Crippen LogP contribution < -0.4 is 10.2 Å². The summed E-state index contributed by atoms with van der Waals surface area (Å²) in [6, 6.07) is -0.889. The molecule has 0 aromatic carbocycles. The molecule has 0 spiro atoms. The molecule has 0 aliphatic heterocycles. The van der Waals surface area contributed by atoms with Crippen LogP contribution in [-0.4, -0.2) is 69.4 Å². The number of nitrogens with zero attached hydrogens (tertiary/aromatic N) is 1. The summed E-state index contributed by atoms with van der Waals surface area (Å²) in [5.74, 6) is -0.527. The molecule has 0 saturated carbocycles. The molecule has 83 heavy (non-hydrogen) atoms. The highest BCUT2D eigenvalue weighted by Crippen LogP contribution is 2.38. The number of rotatable bonds is 66. The predicted molar refractivity (Wildman–Crippen MR) is 358 cm³/mol. The molecule has 0 heterocycles. The Morgan fingerprint density at radius 3 is 1.12 bits per heavy atom. The minimum Gasteiger partial charge on any atom is -0.756 e. The van der Waals surface area contributed by atoms with Crippen molar-refractivity contribution in [2.24, 2.45) is 0 Å². The molecule has 3 unspecified atom stereocenters. The second kappa shape index (κ2) is 63.0. The number of hydrogen-bond acceptors (Lipinski definition) is 7. The van der Waals surface area contributed by atoms with E-state index < -0.39 is 20.0 Å². The summed E-state index contributed by atoms with van der Waals surface area (Å²) in [6.07, 6.45) is 79.4. The molecule has 0 bridgehead atoms. The molecule has 0 aromatic heterocycles. The number of nitrogens with one attached hydrogen (secondary N) is 1. The average molecular weight is 1190 g/mol. The van der Waals surface area contributed by atoms with Crippen molar-refractivity contribution >= 4 is 19.7 Å². The molecule has 0 aromatic rings. The van der Waals surface area contributed by atoms with Crippen LogP contribution in [0.5, 0.6) is 0 Å². The summed E-state index contributed by atoms with van der Waals surface area (Å²) in [5, 5.41) is 3.05. The Hall–Kier alpha value is -2.03. The van der Waals surface area contributed by atoms with Gasteiger partial charge < -0.3 is 28.5 Å². The van der Waals surface area contributed by atoms with E-state index >= 15 is 0 Å². The van der Waals surface area contributed by atoms with Crippen LogP contribution in [-0.2, 0) is 27.9 Å². The number of ether oxygens (including phenoxy) is 1. The number of amides is 1. The number of hydrogen-bond donors (Lipinski definition) is 1. The first-order valence-corrected chi connectivity index (χ1v) is 37.4. The number of phosphoric acid groups is 1. The predicted octanol–water partition coefficient (Wildman–Crippen LogP) is 22.2. The second-order valence-corrected chi connectivity index (χ2v) is 27.1. The van der Waals surface area contributed by atoms with Gasteiger partial charge >= 0.3 is 5.97 Å². The molecule has 1 amide bonds. The van der Waals surface area contributed by atoms with Crippen molar-refractivity contribution < 1.29 is 37.3 Å². The molecule has 1 N–H and O–H groups in total. The third-order valence-corrected chi connectivity index (χ3v) is 17.2. The van der Waals surface area contributed by atoms with Gasteiger partial charge in [0.05, 0.1) is 33.8 Å². The number of esters is 1. The van der Waals surface area contributed by atoms with Crippen molar-refractivity contribution in [2.45, 2.75) is 367 Å². The highest BCUT2D eigenvalue weighted by atomic mass is 31.2. The van der Waals surface area contributed by atoms with Gasteiger partial charge in [-0.1, -0.05) is 301 Å². The maximum Gasteiger partial charge on any atom is 0.306 e. The number of carbonyl (C=O) groups excluding carboxylic acids is 2. The SMILES string of the molecule is CCCCC/C=C\C/C=C\CCCCCCCCCCCCCC(=O)NC(COP(=O)([O-])OCC[N+](C)(C)C)C(/C=C/CCCCCCCCCCCCC)OC(=O)CCCCCCCCCCCCCCC/C=C/CCCCCCCC. The minimum absolute atomic E-state index is 0.0213. The van der Waals surface area contributed by atoms with Crippen LogP contribution in [0.4, 0.5) is 0 Å². The standard InChI is InChI=1S/C73H139N2O7P/c1-7-10-13-16-19-22-25-28-30-32-34-36-37-39-41-43-45-48-51-54-57-60-63-66-73(77)82-71(64-61-58-55-52-49-46-27-24-21-18-15-12-9-3)70(69-81-83(78,79)80-68-67-75(4,5)6)74-72(76)65-62-59-56-53-50-47-44-42-40-38-35-33-31-29-26-23-20-17-14-11-8-2/h20,23,28-31,61,64,70-71H,7-19,21-22,24-27,32-60,62-63,65-69H2,1-6H3,(H-,74,76,78,79)/b23-20-,30-28+,31-29-,64-61+. The summed E-state index contributed by atoms with van der Waals surface area (Å²) in [7, 11) is 1.20. The maximum atomic E-state index is 13.6. The number of carbonyl (C=O) groups is 2. The lowest BCUT2D eigenvalue weighted by molar-refractivity contribution is -0.870. The molecule has 0 rings (SSSR count). The largest absolute Gasteiger partial charge is 0.756 e. The van der Waals surface area contributed by atoms with Crippen molar-refractivity contribution in [1.82, 2.24) is 5.32 Å². The zero-order valence-corrected chi connectivity index (χ0v) is 56.8. The van der Waals surface area contributed by atoms with E-state index in [4.69, 9.17) is 13.8 Å². The van der Waals surface area contributed by atoms with Crippen molar-refractivity contribution in [2.75, 3.05) is 40.9 Å². The molecular formula is C73H139N2O7P. The van der Waals surface area contributed by atoms with Gasteiger partial charge in [0.25, 0.3) is 7.82 Å². The molecule has 0 fully saturated rings. The first-order valence-electron chi connectivity index (χ1n) is 35.9. The average Bonchev–Trinajstić information content (AvgIpc) is 3.46. The van der Waals surface area contributed by atoms with E-state index in [9.17, 15) is 19.0 Å². The summed E-state index contributed by atoms with van der Waals surface area (Å²) in [6.45, 7) is 6.87. The van der Waals surface area contributed by atoms with Gasteiger partial charge in [-0.15, -0.1) is 0 Å². The molecular weight excluding hydrogens is 1050 g/mol. The fourth-order valence-electron chi connectivity index (χ4n) is 10.7. The highest BCUT2D eigenvalue weighted by molar-refractivity contribution is 7.45. The van der Waals surface area contributed by atoms with E-state index in [2.05, 4.69) is 62.5 Å². The Morgan fingerprint density at radius 2 is 0.735 bits per heavy atom. The fourth-order valence-corrected chi connectivity index (χ4v) is 11.4. The number of quaternary nitrogens is 1. The molecule has 488 valence electrons. The van der Waals surface area contributed by atoms with Gasteiger partial charge in [0.15, 0.2) is 0 Å². The zero-order valence-electron chi connectivity index (χ0n) is 55.9. The fraction of sp³-hybridized carbons (Fsp3) is 0.863. The number of unbranched alkanes of at least 4 members (excludes halogenated alkanes) is 44. The number of allylic oxidation sites excluding steroid dienone is 7. The molecule has 3 atom stereocenters. The topological polar surface area (TPSA) is 114 Å². The Balaban J connectivity index is 5.09. The summed E-state index contributed by atoms with van der Waals surface area (Å²) < 4.78 is 30.5. The Labute approximate surface area is 516 Å². The third kappa shape index (κ3) is 64.3. The van der Waals surface area contributed by atoms with E-state index in [1.54, 1.807) is 0 Å². The molecule has 0 saturated heterocycles. The Bertz CT molecular complexity index is 1560. The van der Waals surface area contributed by atoms with Crippen LogP contribution in [0.15, 0.2) is 48.6 Å². The van der Waals surface area contributed by atoms with E-state index in [0.717, 1.165) is 64.2 Å². The van der Waals surface area contributed by atoms with Crippen LogP contribution in [0.2, 0.25) is 0 Å². The normalized spacial score (nSPS) is 13.8. The van der Waals surface area contributed by atoms with Crippen LogP contribution in [0.25, 0.3) is 0 Å². The van der Waals surface area contributed by atoms with Crippen molar-refractivity contribution in [3.05, 3.63) is 48.6 Å². The van der Waals surface area contributed by atoms with Gasteiger partial charge in [0.1, 0.15) is 19.3 Å². The van der Waals surface area contributed by atoms with E-state index in [1.165, 1.54) is 257 Å². The van der Waals surface area contributed by atoms with Crippen LogP contribution in [0, 0.1) is 0 Å². The number of phosphoric ester groups is 1. The van der Waals surface area contributed by atoms with Gasteiger partial charge in [-0.05, 0) is 89.5 Å². The van der Waals surface area contributed by atoms with Crippen LogP contribution in [0.1, 0.15) is 355 Å². The monoisotopic (exact) mass is 1190 g/mol. The summed E-state index contributed by atoms with van der Waals surface area (Å²) in [4.78, 5) is 40.2. The van der Waals surface area contributed by atoms with Gasteiger partial charge in [-0.2, -0.15) is 0 Å². The minimum atomic E-state index is -4.70. The molecule has 0 aliphatic carbocycles. The summed E-state index contributed by atoms with van der Waals surface area (Å²) in [5.41, 5.74) is 0. The van der Waals surface area contributed by atoms with E-state index in [1.807, 2.05) is 33.3 Å². The second-order valence-electron chi connectivity index (χ2n) is 25.7. The first-order chi connectivity index (χ1) is 40.4. The van der Waals surface area contributed by atoms with Crippen molar-refractivity contribution in [1.29, 1.82) is 0 Å². The van der Waals surface area contributed by atoms with Crippen molar-refractivity contribution in [3.63, 3.8) is 0 Å². The number of likely N-dealkylation sites (N-methyl/N-ethyl adjacent to an activating group) is 1. The Kier molecular flexibility index (Phi) is 61.5. The lowest BCUT2D eigenvalue weighted by atomic mass is 10.0. The molecule has 0 radical (unpaired) electrons. The maximum absolute atomic E-state index is 13.6. The summed E-state index contributed by atoms with van der Waals surface area (Å²) >= 11 is 0. The smallest absolute Gasteiger partial charge is 0.306 e. The van der Waals surface area contributed by atoms with Gasteiger partial charge in [0, 0.05) is 12.8 Å². The van der Waals surface area contributed by atoms with Gasteiger partial charge in [0.2, 0.25) is 5.91 Å². The lowest BCUT2D eigenvalue weighted by Crippen LogP contribution is -2.47. The van der Waals surface area contributed by atoms with Gasteiger partial charge in [-0.25, -0.2) is 0 Å². The van der Waals surface area contributed by atoms with Gasteiger partial charge in [-0.3, -0.25) is 14.2 Å². The van der Waals surface area contributed by atoms with Crippen LogP contribution >= 0.6 is 7.82 Å². The van der Waals surface area contributed by atoms with Crippen LogP contribution in [0.3, 0.4) is 0 Å². The highest BCUT2D eigenvalue weighted by Gasteiger charge is 2.27. The molecule has 0 aliphatic rings. The first kappa shape index (κ1) is 81.0. The third-order valence-electron chi connectivity index (χ3n) is 16.2. The Morgan fingerprint density at radius 1 is 0.422 bits per heavy atom. The van der Waals surface area contributed by atoms with Crippen molar-refractivity contribution in [3.8, 4) is 0 Å². The molecule has 9 nitrogen and oxygen atoms in total. The quantitative estimate of drug-likeness (QED) is 0.0212. The zero-order chi connectivity index (χ0) is 60.7. The molecule has 10 heteroatoms. The van der Waals surface area contributed by atoms with E-state index in [-0.39, 0.29) is 31.5 Å².